The molecule has 0 fully saturated rings. The summed E-state index contributed by atoms with van der Waals surface area (Å²) in [6.45, 7) is 0. The number of halogens is 1. The minimum absolute atomic E-state index is 0.608. The molecule has 1 aromatic rings. The standard InChI is InChI=1S/C8H8ClNO/c9-8-3-1-2-7(6-8)4-5-10-11/h1-3,5-6,11H,4H2. The summed E-state index contributed by atoms with van der Waals surface area (Å²) in [5.41, 5.74) is 1.04. The van der Waals surface area contributed by atoms with Crippen molar-refractivity contribution in [3.8, 4) is 0 Å². The maximum Gasteiger partial charge on any atom is 0.0479 e. The Labute approximate surface area is 70.1 Å². The van der Waals surface area contributed by atoms with Crippen LogP contribution in [0.1, 0.15) is 5.56 Å². The second-order valence-corrected chi connectivity index (χ2v) is 2.57. The minimum Gasteiger partial charge on any atom is -0.411 e. The molecule has 3 heteroatoms. The van der Waals surface area contributed by atoms with Crippen LogP contribution in [0.4, 0.5) is 0 Å². The molecule has 0 spiro atoms. The van der Waals surface area contributed by atoms with Gasteiger partial charge in [0.25, 0.3) is 0 Å². The first-order valence-electron chi connectivity index (χ1n) is 3.23. The van der Waals surface area contributed by atoms with Gasteiger partial charge in [0.2, 0.25) is 0 Å². The molecule has 1 aromatic carbocycles. The van der Waals surface area contributed by atoms with Crippen LogP contribution in [-0.2, 0) is 6.42 Å². The van der Waals surface area contributed by atoms with Gasteiger partial charge in [0.15, 0.2) is 0 Å². The van der Waals surface area contributed by atoms with Crippen molar-refractivity contribution in [3.05, 3.63) is 34.9 Å². The highest BCUT2D eigenvalue weighted by Gasteiger charge is 1.90. The quantitative estimate of drug-likeness (QED) is 0.412. The van der Waals surface area contributed by atoms with Crippen LogP contribution in [0.2, 0.25) is 5.02 Å². The summed E-state index contributed by atoms with van der Waals surface area (Å²) in [6, 6.07) is 7.43. The lowest BCUT2D eigenvalue weighted by Gasteiger charge is -1.94. The molecule has 11 heavy (non-hydrogen) atoms. The Morgan fingerprint density at radius 1 is 1.55 bits per heavy atom. The maximum absolute atomic E-state index is 8.13. The van der Waals surface area contributed by atoms with Gasteiger partial charge in [-0.1, -0.05) is 23.7 Å². The molecule has 2 nitrogen and oxygen atoms in total. The van der Waals surface area contributed by atoms with Gasteiger partial charge >= 0.3 is 0 Å². The molecule has 58 valence electrons. The van der Waals surface area contributed by atoms with E-state index in [9.17, 15) is 0 Å². The van der Waals surface area contributed by atoms with Gasteiger partial charge in [-0.25, -0.2) is 0 Å². The molecule has 0 aliphatic rings. The van der Waals surface area contributed by atoms with Gasteiger partial charge in [0, 0.05) is 17.7 Å². The van der Waals surface area contributed by atoms with Crippen molar-refractivity contribution in [1.82, 2.24) is 0 Å². The molecule has 0 aliphatic heterocycles. The molecule has 0 saturated carbocycles. The maximum atomic E-state index is 8.13. The van der Waals surface area contributed by atoms with Crippen molar-refractivity contribution in [3.63, 3.8) is 0 Å². The fraction of sp³-hybridized carbons (Fsp3) is 0.125. The Balaban J connectivity index is 2.71. The van der Waals surface area contributed by atoms with Crippen LogP contribution in [0, 0.1) is 0 Å². The van der Waals surface area contributed by atoms with Gasteiger partial charge in [-0.3, -0.25) is 0 Å². The van der Waals surface area contributed by atoms with Crippen LogP contribution in [0.25, 0.3) is 0 Å². The van der Waals surface area contributed by atoms with E-state index >= 15 is 0 Å². The van der Waals surface area contributed by atoms with Gasteiger partial charge < -0.3 is 5.21 Å². The first-order chi connectivity index (χ1) is 5.33. The van der Waals surface area contributed by atoms with Crippen LogP contribution >= 0.6 is 11.6 Å². The summed E-state index contributed by atoms with van der Waals surface area (Å²) in [4.78, 5) is 0. The number of benzene rings is 1. The first-order valence-corrected chi connectivity index (χ1v) is 3.61. The van der Waals surface area contributed by atoms with E-state index in [0.29, 0.717) is 11.4 Å². The summed E-state index contributed by atoms with van der Waals surface area (Å²) in [7, 11) is 0. The Bertz CT molecular complexity index is 260. The van der Waals surface area contributed by atoms with E-state index in [1.165, 1.54) is 6.21 Å². The van der Waals surface area contributed by atoms with Crippen LogP contribution in [-0.4, -0.2) is 11.4 Å². The van der Waals surface area contributed by atoms with E-state index in [0.717, 1.165) is 5.56 Å². The lowest BCUT2D eigenvalue weighted by atomic mass is 10.2. The molecule has 0 saturated heterocycles. The molecule has 1 rings (SSSR count). The number of rotatable bonds is 2. The van der Waals surface area contributed by atoms with Crippen LogP contribution < -0.4 is 0 Å². The van der Waals surface area contributed by atoms with Gasteiger partial charge in [-0.15, -0.1) is 5.16 Å². The predicted molar refractivity (Wildman–Crippen MR) is 45.4 cm³/mol. The van der Waals surface area contributed by atoms with E-state index in [-0.39, 0.29) is 0 Å². The Morgan fingerprint density at radius 3 is 3.00 bits per heavy atom. The third kappa shape index (κ3) is 2.60. The molecule has 0 atom stereocenters. The van der Waals surface area contributed by atoms with Crippen LogP contribution in [0.5, 0.6) is 0 Å². The van der Waals surface area contributed by atoms with Crippen molar-refractivity contribution >= 4 is 17.8 Å². The normalized spacial score (nSPS) is 10.6. The largest absolute Gasteiger partial charge is 0.411 e. The van der Waals surface area contributed by atoms with E-state index in [4.69, 9.17) is 16.8 Å². The predicted octanol–water partition coefficient (Wildman–Crippen LogP) is 2.34. The minimum atomic E-state index is 0.608. The van der Waals surface area contributed by atoms with Crippen LogP contribution in [0.15, 0.2) is 29.4 Å². The third-order valence-electron chi connectivity index (χ3n) is 1.30. The molecular weight excluding hydrogens is 162 g/mol. The molecular formula is C8H8ClNO. The van der Waals surface area contributed by atoms with Gasteiger partial charge in [0.1, 0.15) is 0 Å². The number of hydrogen-bond donors (Lipinski definition) is 1. The van der Waals surface area contributed by atoms with Crippen molar-refractivity contribution in [2.75, 3.05) is 0 Å². The topological polar surface area (TPSA) is 32.6 Å². The highest BCUT2D eigenvalue weighted by molar-refractivity contribution is 6.30. The summed E-state index contributed by atoms with van der Waals surface area (Å²) in [5, 5.41) is 11.7. The number of nitrogens with zero attached hydrogens (tertiary/aromatic N) is 1. The lowest BCUT2D eigenvalue weighted by molar-refractivity contribution is 0.321. The number of oxime groups is 1. The summed E-state index contributed by atoms with van der Waals surface area (Å²) >= 11 is 5.72. The average Bonchev–Trinajstić information content (AvgIpc) is 2.01. The zero-order valence-corrected chi connectivity index (χ0v) is 6.62. The van der Waals surface area contributed by atoms with Crippen molar-refractivity contribution in [2.24, 2.45) is 5.16 Å². The molecule has 0 aliphatic carbocycles. The zero-order valence-electron chi connectivity index (χ0n) is 5.87. The molecule has 0 amide bonds. The SMILES string of the molecule is ON=CCc1cccc(Cl)c1. The monoisotopic (exact) mass is 169 g/mol. The molecule has 1 N–H and O–H groups in total. The molecule has 0 radical (unpaired) electrons. The summed E-state index contributed by atoms with van der Waals surface area (Å²) < 4.78 is 0. The lowest BCUT2D eigenvalue weighted by Crippen LogP contribution is -1.84. The van der Waals surface area contributed by atoms with Crippen molar-refractivity contribution in [2.45, 2.75) is 6.42 Å². The molecule has 0 bridgehead atoms. The second-order valence-electron chi connectivity index (χ2n) is 2.13. The first kappa shape index (κ1) is 8.08. The third-order valence-corrected chi connectivity index (χ3v) is 1.53. The number of hydrogen-bond acceptors (Lipinski definition) is 2. The molecule has 0 unspecified atom stereocenters. The molecule has 0 heterocycles. The van der Waals surface area contributed by atoms with E-state index in [2.05, 4.69) is 5.16 Å². The second kappa shape index (κ2) is 3.98. The Morgan fingerprint density at radius 2 is 2.36 bits per heavy atom. The van der Waals surface area contributed by atoms with Gasteiger partial charge in [-0.05, 0) is 17.7 Å². The fourth-order valence-corrected chi connectivity index (χ4v) is 1.02. The highest BCUT2D eigenvalue weighted by atomic mass is 35.5. The van der Waals surface area contributed by atoms with E-state index in [1.807, 2.05) is 18.2 Å². The van der Waals surface area contributed by atoms with Crippen molar-refractivity contribution < 1.29 is 5.21 Å². The highest BCUT2D eigenvalue weighted by Crippen LogP contribution is 2.10. The van der Waals surface area contributed by atoms with E-state index in [1.54, 1.807) is 6.07 Å². The summed E-state index contributed by atoms with van der Waals surface area (Å²) in [5.74, 6) is 0. The summed E-state index contributed by atoms with van der Waals surface area (Å²) in [6.07, 6.45) is 2.03. The van der Waals surface area contributed by atoms with E-state index < -0.39 is 0 Å². The van der Waals surface area contributed by atoms with Gasteiger partial charge in [-0.2, -0.15) is 0 Å². The fourth-order valence-electron chi connectivity index (χ4n) is 0.810. The van der Waals surface area contributed by atoms with Gasteiger partial charge in [0.05, 0.1) is 0 Å². The average molecular weight is 170 g/mol. The van der Waals surface area contributed by atoms with Crippen LogP contribution in [0.3, 0.4) is 0 Å². The zero-order chi connectivity index (χ0) is 8.10. The molecule has 0 aromatic heterocycles. The Hall–Kier alpha value is -1.02. The Kier molecular flexibility index (Phi) is 2.93. The smallest absolute Gasteiger partial charge is 0.0479 e. The van der Waals surface area contributed by atoms with Crippen molar-refractivity contribution in [1.29, 1.82) is 0 Å².